The van der Waals surface area contributed by atoms with Crippen LogP contribution in [0.1, 0.15) is 32.3 Å². The molecule has 0 fully saturated rings. The maximum Gasteiger partial charge on any atom is 0.261 e. The molecule has 0 aliphatic heterocycles. The highest BCUT2D eigenvalue weighted by Gasteiger charge is 2.28. The number of hydrogen-bond donors (Lipinski definition) is 1. The van der Waals surface area contributed by atoms with E-state index in [-0.39, 0.29) is 25.0 Å². The van der Waals surface area contributed by atoms with Crippen molar-refractivity contribution in [3.05, 3.63) is 58.1 Å². The van der Waals surface area contributed by atoms with Gasteiger partial charge < -0.3 is 19.7 Å². The fraction of sp³-hybridized carbons (Fsp3) is 0.391. The number of carbonyl (C=O) groups excluding carboxylic acids is 2. The molecule has 6 nitrogen and oxygen atoms in total. The van der Waals surface area contributed by atoms with Crippen LogP contribution in [0, 0.1) is 0 Å². The van der Waals surface area contributed by atoms with E-state index in [0.29, 0.717) is 34.5 Å². The minimum Gasteiger partial charge on any atom is -0.497 e. The standard InChI is InChI=1S/C23H28Cl2N2O4/c1-4-12-26-23(29)21(5-2)27(14-16-6-11-19(24)20(25)13-16)22(28)15-31-18-9-7-17(30-3)8-10-18/h6-11,13,21H,4-5,12,14-15H2,1-3H3,(H,26,29)/t21-/m0/s1. The third kappa shape index (κ3) is 7.33. The normalized spacial score (nSPS) is 11.5. The van der Waals surface area contributed by atoms with Gasteiger partial charge in [0, 0.05) is 13.1 Å². The Morgan fingerprint density at radius 3 is 2.29 bits per heavy atom. The van der Waals surface area contributed by atoms with Gasteiger partial charge in [-0.25, -0.2) is 0 Å². The van der Waals surface area contributed by atoms with Gasteiger partial charge in [-0.05, 0) is 54.8 Å². The number of nitrogens with one attached hydrogen (secondary N) is 1. The molecule has 2 aromatic carbocycles. The SMILES string of the molecule is CCCNC(=O)[C@H](CC)N(Cc1ccc(Cl)c(Cl)c1)C(=O)COc1ccc(OC)cc1. The maximum absolute atomic E-state index is 13.1. The average molecular weight is 467 g/mol. The molecule has 0 saturated carbocycles. The smallest absolute Gasteiger partial charge is 0.261 e. The predicted octanol–water partition coefficient (Wildman–Crippen LogP) is 4.71. The molecule has 1 atom stereocenters. The molecule has 0 heterocycles. The van der Waals surface area contributed by atoms with Crippen molar-refractivity contribution in [1.82, 2.24) is 10.2 Å². The van der Waals surface area contributed by atoms with Crippen LogP contribution in [-0.4, -0.2) is 43.0 Å². The van der Waals surface area contributed by atoms with Gasteiger partial charge in [-0.2, -0.15) is 0 Å². The van der Waals surface area contributed by atoms with E-state index in [2.05, 4.69) is 5.32 Å². The van der Waals surface area contributed by atoms with Crippen molar-refractivity contribution in [3.63, 3.8) is 0 Å². The summed E-state index contributed by atoms with van der Waals surface area (Å²) in [6, 6.07) is 11.5. The van der Waals surface area contributed by atoms with Gasteiger partial charge in [0.1, 0.15) is 17.5 Å². The van der Waals surface area contributed by atoms with Crippen molar-refractivity contribution in [1.29, 1.82) is 0 Å². The molecule has 0 aliphatic rings. The molecule has 0 radical (unpaired) electrons. The van der Waals surface area contributed by atoms with Crippen LogP contribution < -0.4 is 14.8 Å². The Hall–Kier alpha value is -2.44. The van der Waals surface area contributed by atoms with Crippen molar-refractivity contribution in [2.45, 2.75) is 39.3 Å². The molecule has 31 heavy (non-hydrogen) atoms. The van der Waals surface area contributed by atoms with E-state index < -0.39 is 6.04 Å². The number of methoxy groups -OCH3 is 1. The second kappa shape index (κ2) is 12.4. The first-order chi connectivity index (χ1) is 14.9. The Morgan fingerprint density at radius 1 is 1.03 bits per heavy atom. The first-order valence-corrected chi connectivity index (χ1v) is 10.9. The molecular formula is C23H28Cl2N2O4. The molecule has 0 aliphatic carbocycles. The molecule has 2 amide bonds. The Labute approximate surface area is 193 Å². The highest BCUT2D eigenvalue weighted by molar-refractivity contribution is 6.42. The number of rotatable bonds is 11. The number of amides is 2. The fourth-order valence-corrected chi connectivity index (χ4v) is 3.34. The van der Waals surface area contributed by atoms with E-state index >= 15 is 0 Å². The fourth-order valence-electron chi connectivity index (χ4n) is 3.02. The number of halogens is 2. The van der Waals surface area contributed by atoms with Crippen LogP contribution in [0.2, 0.25) is 10.0 Å². The van der Waals surface area contributed by atoms with Crippen molar-refractivity contribution < 1.29 is 19.1 Å². The van der Waals surface area contributed by atoms with Crippen LogP contribution >= 0.6 is 23.2 Å². The molecule has 0 saturated heterocycles. The number of benzene rings is 2. The molecule has 0 unspecified atom stereocenters. The molecule has 8 heteroatoms. The Bertz CT molecular complexity index is 874. The minimum absolute atomic E-state index is 0.192. The highest BCUT2D eigenvalue weighted by Crippen LogP contribution is 2.24. The molecule has 168 valence electrons. The van der Waals surface area contributed by atoms with E-state index in [0.717, 1.165) is 12.0 Å². The quantitative estimate of drug-likeness (QED) is 0.520. The van der Waals surface area contributed by atoms with Crippen LogP contribution in [-0.2, 0) is 16.1 Å². The molecule has 0 aromatic heterocycles. The zero-order chi connectivity index (χ0) is 22.8. The van der Waals surface area contributed by atoms with E-state index in [1.165, 1.54) is 4.90 Å². The van der Waals surface area contributed by atoms with Gasteiger partial charge in [-0.15, -0.1) is 0 Å². The lowest BCUT2D eigenvalue weighted by atomic mass is 10.1. The zero-order valence-corrected chi connectivity index (χ0v) is 19.5. The summed E-state index contributed by atoms with van der Waals surface area (Å²) in [7, 11) is 1.58. The first kappa shape index (κ1) is 24.8. The lowest BCUT2D eigenvalue weighted by Crippen LogP contribution is -2.50. The summed E-state index contributed by atoms with van der Waals surface area (Å²) in [5.74, 6) is 0.730. The molecule has 1 N–H and O–H groups in total. The summed E-state index contributed by atoms with van der Waals surface area (Å²) in [5.41, 5.74) is 0.772. The van der Waals surface area contributed by atoms with Gasteiger partial charge in [0.15, 0.2) is 6.61 Å². The van der Waals surface area contributed by atoms with Gasteiger partial charge >= 0.3 is 0 Å². The summed E-state index contributed by atoms with van der Waals surface area (Å²) in [6.07, 6.45) is 1.27. The molecule has 0 bridgehead atoms. The van der Waals surface area contributed by atoms with Crippen LogP contribution in [0.5, 0.6) is 11.5 Å². The maximum atomic E-state index is 13.1. The topological polar surface area (TPSA) is 67.9 Å². The van der Waals surface area contributed by atoms with Crippen LogP contribution in [0.25, 0.3) is 0 Å². The average Bonchev–Trinajstić information content (AvgIpc) is 2.78. The van der Waals surface area contributed by atoms with Crippen LogP contribution in [0.4, 0.5) is 0 Å². The molecular weight excluding hydrogens is 439 g/mol. The van der Waals surface area contributed by atoms with Gasteiger partial charge in [-0.1, -0.05) is 43.1 Å². The number of carbonyl (C=O) groups is 2. The lowest BCUT2D eigenvalue weighted by molar-refractivity contribution is -0.143. The van der Waals surface area contributed by atoms with Gasteiger partial charge in [0.2, 0.25) is 5.91 Å². The zero-order valence-electron chi connectivity index (χ0n) is 18.0. The Morgan fingerprint density at radius 2 is 1.71 bits per heavy atom. The van der Waals surface area contributed by atoms with Crippen molar-refractivity contribution in [2.75, 3.05) is 20.3 Å². The summed E-state index contributed by atoms with van der Waals surface area (Å²) in [6.45, 7) is 4.40. The van der Waals surface area contributed by atoms with Crippen molar-refractivity contribution in [3.8, 4) is 11.5 Å². The highest BCUT2D eigenvalue weighted by atomic mass is 35.5. The van der Waals surface area contributed by atoms with E-state index in [9.17, 15) is 9.59 Å². The largest absolute Gasteiger partial charge is 0.497 e. The number of hydrogen-bond acceptors (Lipinski definition) is 4. The third-order valence-electron chi connectivity index (χ3n) is 4.69. The Kier molecular flexibility index (Phi) is 9.95. The van der Waals surface area contributed by atoms with E-state index in [4.69, 9.17) is 32.7 Å². The van der Waals surface area contributed by atoms with Gasteiger partial charge in [0.25, 0.3) is 5.91 Å². The summed E-state index contributed by atoms with van der Waals surface area (Å²) >= 11 is 12.1. The Balaban J connectivity index is 2.19. The van der Waals surface area contributed by atoms with Crippen molar-refractivity contribution >= 4 is 35.0 Å². The monoisotopic (exact) mass is 466 g/mol. The number of ether oxygens (including phenoxy) is 2. The van der Waals surface area contributed by atoms with Gasteiger partial charge in [0.05, 0.1) is 17.2 Å². The molecule has 2 rings (SSSR count). The minimum atomic E-state index is -0.632. The second-order valence-corrected chi connectivity index (χ2v) is 7.76. The first-order valence-electron chi connectivity index (χ1n) is 10.2. The third-order valence-corrected chi connectivity index (χ3v) is 5.43. The summed E-state index contributed by atoms with van der Waals surface area (Å²) < 4.78 is 10.8. The van der Waals surface area contributed by atoms with E-state index in [1.54, 1.807) is 49.6 Å². The van der Waals surface area contributed by atoms with Crippen LogP contribution in [0.15, 0.2) is 42.5 Å². The molecule has 0 spiro atoms. The van der Waals surface area contributed by atoms with E-state index in [1.807, 2.05) is 13.8 Å². The lowest BCUT2D eigenvalue weighted by Gasteiger charge is -2.30. The predicted molar refractivity (Wildman–Crippen MR) is 123 cm³/mol. The van der Waals surface area contributed by atoms with Crippen molar-refractivity contribution in [2.24, 2.45) is 0 Å². The second-order valence-electron chi connectivity index (χ2n) is 6.95. The number of nitrogens with zero attached hydrogens (tertiary/aromatic N) is 1. The molecule has 2 aromatic rings. The summed E-state index contributed by atoms with van der Waals surface area (Å²) in [5, 5.41) is 3.70. The summed E-state index contributed by atoms with van der Waals surface area (Å²) in [4.78, 5) is 27.4. The van der Waals surface area contributed by atoms with Crippen LogP contribution in [0.3, 0.4) is 0 Å². The van der Waals surface area contributed by atoms with Gasteiger partial charge in [-0.3, -0.25) is 9.59 Å².